The van der Waals surface area contributed by atoms with Crippen LogP contribution in [-0.2, 0) is 15.8 Å². The zero-order valence-electron chi connectivity index (χ0n) is 14.5. The van der Waals surface area contributed by atoms with Crippen LogP contribution < -0.4 is 4.72 Å². The van der Waals surface area contributed by atoms with Crippen molar-refractivity contribution in [3.63, 3.8) is 0 Å². The molecule has 0 bridgehead atoms. The van der Waals surface area contributed by atoms with Gasteiger partial charge in [-0.2, -0.15) is 0 Å². The molecule has 0 unspecified atom stereocenters. The first-order valence-corrected chi connectivity index (χ1v) is 9.47. The van der Waals surface area contributed by atoms with E-state index in [9.17, 15) is 8.42 Å². The van der Waals surface area contributed by atoms with Gasteiger partial charge >= 0.3 is 0 Å². The molecule has 3 nitrogen and oxygen atoms in total. The summed E-state index contributed by atoms with van der Waals surface area (Å²) in [4.78, 5) is 0. The van der Waals surface area contributed by atoms with E-state index in [2.05, 4.69) is 23.8 Å². The highest BCUT2D eigenvalue weighted by molar-refractivity contribution is 7.88. The highest BCUT2D eigenvalue weighted by atomic mass is 32.2. The molecule has 0 radical (unpaired) electrons. The first-order valence-electron chi connectivity index (χ1n) is 7.82. The second-order valence-electron chi connectivity index (χ2n) is 6.32. The maximum Gasteiger partial charge on any atom is 0.216 e. The predicted molar refractivity (Wildman–Crippen MR) is 96.0 cm³/mol. The average Bonchev–Trinajstić information content (AvgIpc) is 2.44. The fourth-order valence-electron chi connectivity index (χ4n) is 2.80. The monoisotopic (exact) mass is 331 g/mol. The molecule has 2 aromatic carbocycles. The number of aryl methyl sites for hydroxylation is 4. The Bertz CT molecular complexity index is 810. The fourth-order valence-corrected chi connectivity index (χ4v) is 4.28. The van der Waals surface area contributed by atoms with Crippen LogP contribution in [-0.4, -0.2) is 8.42 Å². The summed E-state index contributed by atoms with van der Waals surface area (Å²) in [7, 11) is -3.39. The molecule has 0 aliphatic heterocycles. The van der Waals surface area contributed by atoms with Crippen molar-refractivity contribution >= 4 is 10.0 Å². The minimum atomic E-state index is -3.39. The molecule has 0 spiro atoms. The number of hydrogen-bond acceptors (Lipinski definition) is 2. The first kappa shape index (κ1) is 17.7. The van der Waals surface area contributed by atoms with E-state index in [1.165, 1.54) is 11.1 Å². The van der Waals surface area contributed by atoms with Crippen LogP contribution in [0.1, 0.15) is 46.3 Å². The molecule has 0 amide bonds. The fraction of sp³-hybridized carbons (Fsp3) is 0.368. The molecule has 0 aromatic heterocycles. The van der Waals surface area contributed by atoms with Crippen LogP contribution in [0.25, 0.3) is 0 Å². The van der Waals surface area contributed by atoms with E-state index >= 15 is 0 Å². The maximum atomic E-state index is 12.5. The van der Waals surface area contributed by atoms with Crippen LogP contribution in [0.4, 0.5) is 0 Å². The van der Waals surface area contributed by atoms with Gasteiger partial charge in [0.25, 0.3) is 0 Å². The van der Waals surface area contributed by atoms with Gasteiger partial charge in [0, 0.05) is 6.04 Å². The largest absolute Gasteiger partial charge is 0.216 e. The molecule has 1 N–H and O–H groups in total. The number of benzene rings is 2. The van der Waals surface area contributed by atoms with Crippen molar-refractivity contribution in [1.82, 2.24) is 4.72 Å². The average molecular weight is 331 g/mol. The summed E-state index contributed by atoms with van der Waals surface area (Å²) in [5.74, 6) is 0.00784. The Labute approximate surface area is 139 Å². The van der Waals surface area contributed by atoms with Gasteiger partial charge in [0.15, 0.2) is 0 Å². The SMILES string of the molecule is Cc1cc(C)c([C@H](C)NS(=O)(=O)Cc2ccccc2C)cc1C. The van der Waals surface area contributed by atoms with Crippen molar-refractivity contribution in [1.29, 1.82) is 0 Å². The van der Waals surface area contributed by atoms with Gasteiger partial charge in [0.05, 0.1) is 5.75 Å². The molecule has 4 heteroatoms. The topological polar surface area (TPSA) is 46.2 Å². The minimum absolute atomic E-state index is 0.00784. The molecule has 124 valence electrons. The molecule has 2 rings (SSSR count). The lowest BCUT2D eigenvalue weighted by Gasteiger charge is -2.19. The van der Waals surface area contributed by atoms with Crippen LogP contribution >= 0.6 is 0 Å². The summed E-state index contributed by atoms with van der Waals surface area (Å²) in [5.41, 5.74) is 6.37. The Hall–Kier alpha value is -1.65. The standard InChI is InChI=1S/C19H25NO2S/c1-13-8-6-7-9-18(13)12-23(21,22)20-17(5)19-11-15(3)14(2)10-16(19)4/h6-11,17,20H,12H2,1-5H3/t17-/m0/s1. The highest BCUT2D eigenvalue weighted by Gasteiger charge is 2.19. The van der Waals surface area contributed by atoms with Gasteiger partial charge in [-0.05, 0) is 68.0 Å². The van der Waals surface area contributed by atoms with E-state index in [-0.39, 0.29) is 11.8 Å². The second-order valence-corrected chi connectivity index (χ2v) is 8.07. The van der Waals surface area contributed by atoms with E-state index in [0.717, 1.165) is 22.3 Å². The second kappa shape index (κ2) is 6.85. The maximum absolute atomic E-state index is 12.5. The summed E-state index contributed by atoms with van der Waals surface area (Å²) >= 11 is 0. The van der Waals surface area contributed by atoms with Crippen LogP contribution in [0.3, 0.4) is 0 Å². The molecule has 0 fully saturated rings. The van der Waals surface area contributed by atoms with Gasteiger partial charge in [-0.3, -0.25) is 0 Å². The number of nitrogens with one attached hydrogen (secondary N) is 1. The van der Waals surface area contributed by atoms with Crippen LogP contribution in [0.5, 0.6) is 0 Å². The highest BCUT2D eigenvalue weighted by Crippen LogP contribution is 2.23. The normalized spacial score (nSPS) is 13.1. The molecular weight excluding hydrogens is 306 g/mol. The summed E-state index contributed by atoms with van der Waals surface area (Å²) in [5, 5.41) is 0. The van der Waals surface area contributed by atoms with Gasteiger partial charge in [-0.15, -0.1) is 0 Å². The molecular formula is C19H25NO2S. The van der Waals surface area contributed by atoms with Crippen molar-refractivity contribution in [2.45, 2.75) is 46.4 Å². The molecule has 0 saturated carbocycles. The Morgan fingerprint density at radius 2 is 1.52 bits per heavy atom. The Morgan fingerprint density at radius 3 is 2.17 bits per heavy atom. The van der Waals surface area contributed by atoms with Crippen molar-refractivity contribution in [2.24, 2.45) is 0 Å². The van der Waals surface area contributed by atoms with Crippen molar-refractivity contribution in [2.75, 3.05) is 0 Å². The van der Waals surface area contributed by atoms with Crippen LogP contribution in [0, 0.1) is 27.7 Å². The smallest absolute Gasteiger partial charge is 0.212 e. The molecule has 2 aromatic rings. The number of hydrogen-bond donors (Lipinski definition) is 1. The lowest BCUT2D eigenvalue weighted by atomic mass is 9.97. The van der Waals surface area contributed by atoms with E-state index in [4.69, 9.17) is 0 Å². The van der Waals surface area contributed by atoms with Gasteiger partial charge in [-0.1, -0.05) is 36.4 Å². The van der Waals surface area contributed by atoms with Gasteiger partial charge in [-0.25, -0.2) is 13.1 Å². The van der Waals surface area contributed by atoms with Crippen molar-refractivity contribution in [3.05, 3.63) is 69.8 Å². The zero-order chi connectivity index (χ0) is 17.2. The van der Waals surface area contributed by atoms with Gasteiger partial charge < -0.3 is 0 Å². The molecule has 0 saturated heterocycles. The Balaban J connectivity index is 2.20. The van der Waals surface area contributed by atoms with E-state index in [0.29, 0.717) is 0 Å². The first-order chi connectivity index (χ1) is 10.7. The van der Waals surface area contributed by atoms with Crippen molar-refractivity contribution < 1.29 is 8.42 Å². The summed E-state index contributed by atoms with van der Waals surface area (Å²) in [6.07, 6.45) is 0. The summed E-state index contributed by atoms with van der Waals surface area (Å²) < 4.78 is 27.8. The van der Waals surface area contributed by atoms with Crippen LogP contribution in [0.2, 0.25) is 0 Å². The van der Waals surface area contributed by atoms with Gasteiger partial charge in [0.2, 0.25) is 10.0 Å². The lowest BCUT2D eigenvalue weighted by Crippen LogP contribution is -2.28. The lowest BCUT2D eigenvalue weighted by molar-refractivity contribution is 0.565. The molecule has 1 atom stereocenters. The third-order valence-corrected chi connectivity index (χ3v) is 5.72. The van der Waals surface area contributed by atoms with E-state index < -0.39 is 10.0 Å². The summed E-state index contributed by atoms with van der Waals surface area (Å²) in [6, 6.07) is 11.5. The molecule has 23 heavy (non-hydrogen) atoms. The number of sulfonamides is 1. The predicted octanol–water partition coefficient (Wildman–Crippen LogP) is 4.10. The quantitative estimate of drug-likeness (QED) is 0.896. The molecule has 0 aliphatic carbocycles. The van der Waals surface area contributed by atoms with E-state index in [1.54, 1.807) is 0 Å². The molecule has 0 aliphatic rings. The molecule has 0 heterocycles. The third kappa shape index (κ3) is 4.43. The summed E-state index contributed by atoms with van der Waals surface area (Å²) in [6.45, 7) is 9.97. The van der Waals surface area contributed by atoms with Crippen molar-refractivity contribution in [3.8, 4) is 0 Å². The van der Waals surface area contributed by atoms with Crippen LogP contribution in [0.15, 0.2) is 36.4 Å². The minimum Gasteiger partial charge on any atom is -0.212 e. The Morgan fingerprint density at radius 1 is 0.913 bits per heavy atom. The zero-order valence-corrected chi connectivity index (χ0v) is 15.3. The number of rotatable bonds is 5. The third-order valence-electron chi connectivity index (χ3n) is 4.31. The van der Waals surface area contributed by atoms with Gasteiger partial charge in [0.1, 0.15) is 0 Å². The Kier molecular flexibility index (Phi) is 5.27. The van der Waals surface area contributed by atoms with E-state index in [1.807, 2.05) is 52.0 Å².